The molecule has 2 atom stereocenters. The van der Waals surface area contributed by atoms with E-state index in [0.29, 0.717) is 41.5 Å². The highest BCUT2D eigenvalue weighted by Gasteiger charge is 2.32. The third kappa shape index (κ3) is 6.63. The van der Waals surface area contributed by atoms with Crippen LogP contribution in [0.4, 0.5) is 0 Å². The van der Waals surface area contributed by atoms with Crippen LogP contribution in [0.15, 0.2) is 58.4 Å². The lowest BCUT2D eigenvalue weighted by Crippen LogP contribution is -2.46. The lowest BCUT2D eigenvalue weighted by molar-refractivity contribution is -0.141. The number of esters is 1. The average molecular weight is 492 g/mol. The van der Waals surface area contributed by atoms with Crippen molar-refractivity contribution in [3.05, 3.63) is 53.6 Å². The molecule has 1 fully saturated rings. The number of ether oxygens (including phenoxy) is 2. The van der Waals surface area contributed by atoms with Gasteiger partial charge in [-0.1, -0.05) is 23.7 Å². The fourth-order valence-corrected chi connectivity index (χ4v) is 5.06. The molecule has 0 aliphatic heterocycles. The molecule has 176 valence electrons. The average Bonchev–Trinajstić information content (AvgIpc) is 2.79. The van der Waals surface area contributed by atoms with E-state index in [0.717, 1.165) is 0 Å². The Hall–Kier alpha value is -2.75. The number of hydrogen-bond donors (Lipinski definition) is 2. The van der Waals surface area contributed by atoms with Gasteiger partial charge >= 0.3 is 5.97 Å². The van der Waals surface area contributed by atoms with Gasteiger partial charge in [0.1, 0.15) is 18.0 Å². The van der Waals surface area contributed by atoms with Crippen LogP contribution in [0.3, 0.4) is 0 Å². The van der Waals surface area contributed by atoms with Gasteiger partial charge in [-0.2, -0.15) is 0 Å². The lowest BCUT2D eigenvalue weighted by Gasteiger charge is -2.30. The third-order valence-corrected chi connectivity index (χ3v) is 6.99. The van der Waals surface area contributed by atoms with Gasteiger partial charge in [0.15, 0.2) is 0 Å². The highest BCUT2D eigenvalue weighted by molar-refractivity contribution is 7.89. The van der Waals surface area contributed by atoms with Crippen molar-refractivity contribution in [2.24, 2.45) is 10.9 Å². The molecular weight excluding hydrogens is 466 g/mol. The largest absolute Gasteiger partial charge is 0.465 e. The van der Waals surface area contributed by atoms with E-state index in [9.17, 15) is 13.2 Å². The Labute approximate surface area is 198 Å². The number of sulfonamides is 1. The van der Waals surface area contributed by atoms with E-state index in [1.165, 1.54) is 18.3 Å². The van der Waals surface area contributed by atoms with Crippen LogP contribution in [-0.4, -0.2) is 45.5 Å². The Morgan fingerprint density at radius 1 is 1.24 bits per heavy atom. The smallest absolute Gasteiger partial charge is 0.327 e. The van der Waals surface area contributed by atoms with Crippen molar-refractivity contribution in [2.45, 2.75) is 37.1 Å². The number of nitrogens with one attached hydrogen (secondary N) is 2. The minimum absolute atomic E-state index is 0.0772. The molecule has 0 heterocycles. The van der Waals surface area contributed by atoms with Crippen LogP contribution in [-0.2, 0) is 19.6 Å². The summed E-state index contributed by atoms with van der Waals surface area (Å²) in [6, 6.07) is 12.5. The van der Waals surface area contributed by atoms with E-state index in [1.54, 1.807) is 43.3 Å². The molecule has 2 aromatic carbocycles. The number of halogens is 1. The Kier molecular flexibility index (Phi) is 8.60. The van der Waals surface area contributed by atoms with Crippen LogP contribution in [0.1, 0.15) is 26.2 Å². The summed E-state index contributed by atoms with van der Waals surface area (Å²) in [6.07, 6.45) is 3.04. The predicted octanol–water partition coefficient (Wildman–Crippen LogP) is 4.23. The van der Waals surface area contributed by atoms with Crippen LogP contribution in [0.5, 0.6) is 11.5 Å². The fourth-order valence-electron chi connectivity index (χ4n) is 3.59. The first kappa shape index (κ1) is 24.9. The summed E-state index contributed by atoms with van der Waals surface area (Å²) in [4.78, 5) is 16.0. The lowest BCUT2D eigenvalue weighted by atomic mass is 9.84. The van der Waals surface area contributed by atoms with Gasteiger partial charge in [-0.25, -0.2) is 13.1 Å². The SMILES string of the molecule is CCOC(=O)CN=C1CCCC(NS(=O)(=O)c2ccc(Oc3ccccc3Cl)cc2)C1C=N. The zero-order valence-corrected chi connectivity index (χ0v) is 19.7. The second kappa shape index (κ2) is 11.4. The minimum Gasteiger partial charge on any atom is -0.465 e. The number of nitrogens with zero attached hydrogens (tertiary/aromatic N) is 1. The van der Waals surface area contributed by atoms with Crippen molar-refractivity contribution in [1.82, 2.24) is 4.72 Å². The maximum absolute atomic E-state index is 13.0. The van der Waals surface area contributed by atoms with Crippen molar-refractivity contribution in [3.63, 3.8) is 0 Å². The first-order valence-electron chi connectivity index (χ1n) is 10.6. The first-order chi connectivity index (χ1) is 15.8. The van der Waals surface area contributed by atoms with Gasteiger partial charge < -0.3 is 14.9 Å². The van der Waals surface area contributed by atoms with Crippen LogP contribution in [0.2, 0.25) is 5.02 Å². The van der Waals surface area contributed by atoms with Crippen molar-refractivity contribution in [1.29, 1.82) is 5.41 Å². The number of hydrogen-bond acceptors (Lipinski definition) is 7. The Balaban J connectivity index is 1.70. The van der Waals surface area contributed by atoms with E-state index in [2.05, 4.69) is 9.71 Å². The molecule has 1 aliphatic carbocycles. The van der Waals surface area contributed by atoms with E-state index in [4.69, 9.17) is 26.5 Å². The third-order valence-electron chi connectivity index (χ3n) is 5.17. The van der Waals surface area contributed by atoms with Crippen LogP contribution < -0.4 is 9.46 Å². The summed E-state index contributed by atoms with van der Waals surface area (Å²) in [5.41, 5.74) is 0.625. The molecule has 0 aromatic heterocycles. The zero-order chi connectivity index (χ0) is 23.8. The molecule has 1 aliphatic rings. The van der Waals surface area contributed by atoms with Gasteiger partial charge in [0, 0.05) is 23.9 Å². The minimum atomic E-state index is -3.85. The van der Waals surface area contributed by atoms with Crippen molar-refractivity contribution >= 4 is 39.5 Å². The quantitative estimate of drug-likeness (QED) is 0.402. The van der Waals surface area contributed by atoms with E-state index in [-0.39, 0.29) is 18.0 Å². The standard InChI is InChI=1S/C23H26ClN3O5S/c1-2-31-23(28)15-26-20-7-5-8-21(18(20)14-25)27-33(29,30)17-12-10-16(11-13-17)32-22-9-4-3-6-19(22)24/h3-4,6,9-14,18,21,25,27H,2,5,7-8,15H2,1H3. The van der Waals surface area contributed by atoms with Crippen LogP contribution in [0, 0.1) is 11.3 Å². The van der Waals surface area contributed by atoms with E-state index in [1.807, 2.05) is 0 Å². The number of benzene rings is 2. The molecule has 0 saturated heterocycles. The molecule has 8 nitrogen and oxygen atoms in total. The van der Waals surface area contributed by atoms with Gasteiger partial charge in [0.25, 0.3) is 0 Å². The molecule has 3 rings (SSSR count). The van der Waals surface area contributed by atoms with Gasteiger partial charge in [-0.3, -0.25) is 9.79 Å². The molecule has 33 heavy (non-hydrogen) atoms. The molecule has 1 saturated carbocycles. The normalized spacial score (nSPS) is 19.8. The van der Waals surface area contributed by atoms with E-state index >= 15 is 0 Å². The van der Waals surface area contributed by atoms with Crippen molar-refractivity contribution in [3.8, 4) is 11.5 Å². The molecule has 2 aromatic rings. The second-order valence-electron chi connectivity index (χ2n) is 7.43. The molecular formula is C23H26ClN3O5S. The summed E-state index contributed by atoms with van der Waals surface area (Å²) >= 11 is 6.10. The van der Waals surface area contributed by atoms with Gasteiger partial charge in [0.05, 0.1) is 16.5 Å². The molecule has 0 bridgehead atoms. The fraction of sp³-hybridized carbons (Fsp3) is 0.348. The molecule has 2 N–H and O–H groups in total. The first-order valence-corrected chi connectivity index (χ1v) is 12.4. The number of carbonyl (C=O) groups is 1. The monoisotopic (exact) mass is 491 g/mol. The number of aliphatic imine (C=N–C) groups is 1. The molecule has 0 radical (unpaired) electrons. The Bertz CT molecular complexity index is 1120. The van der Waals surface area contributed by atoms with Gasteiger partial charge in [-0.15, -0.1) is 0 Å². The highest BCUT2D eigenvalue weighted by Crippen LogP contribution is 2.30. The van der Waals surface area contributed by atoms with Crippen molar-refractivity contribution < 1.29 is 22.7 Å². The number of para-hydroxylation sites is 1. The van der Waals surface area contributed by atoms with E-state index < -0.39 is 28.0 Å². The maximum Gasteiger partial charge on any atom is 0.327 e. The summed E-state index contributed by atoms with van der Waals surface area (Å²) < 4.78 is 39.3. The topological polar surface area (TPSA) is 118 Å². The Morgan fingerprint density at radius 2 is 1.97 bits per heavy atom. The van der Waals surface area contributed by atoms with Crippen LogP contribution >= 0.6 is 11.6 Å². The van der Waals surface area contributed by atoms with Gasteiger partial charge in [-0.05, 0) is 62.6 Å². The molecule has 0 spiro atoms. The van der Waals surface area contributed by atoms with Crippen LogP contribution in [0.25, 0.3) is 0 Å². The second-order valence-corrected chi connectivity index (χ2v) is 9.55. The zero-order valence-electron chi connectivity index (χ0n) is 18.2. The summed E-state index contributed by atoms with van der Waals surface area (Å²) in [5.74, 6) is -0.0506. The van der Waals surface area contributed by atoms with Crippen molar-refractivity contribution in [2.75, 3.05) is 13.2 Å². The molecule has 2 unspecified atom stereocenters. The number of rotatable bonds is 9. The van der Waals surface area contributed by atoms with Gasteiger partial charge in [0.2, 0.25) is 10.0 Å². The highest BCUT2D eigenvalue weighted by atomic mass is 35.5. The summed E-state index contributed by atoms with van der Waals surface area (Å²) in [7, 11) is -3.85. The summed E-state index contributed by atoms with van der Waals surface area (Å²) in [5, 5.41) is 8.26. The molecule has 10 heteroatoms. The molecule has 0 amide bonds. The Morgan fingerprint density at radius 3 is 2.64 bits per heavy atom. The maximum atomic E-state index is 13.0. The summed E-state index contributed by atoms with van der Waals surface area (Å²) in [6.45, 7) is 1.84. The predicted molar refractivity (Wildman–Crippen MR) is 127 cm³/mol. The number of carbonyl (C=O) groups excluding carboxylic acids is 1.